The molecule has 17 heavy (non-hydrogen) atoms. The first-order chi connectivity index (χ1) is 8.13. The molecular formula is C16H27N. The van der Waals surface area contributed by atoms with E-state index in [1.807, 2.05) is 7.05 Å². The molecule has 0 fully saturated rings. The van der Waals surface area contributed by atoms with Crippen LogP contribution in [0.1, 0.15) is 50.7 Å². The summed E-state index contributed by atoms with van der Waals surface area (Å²) < 4.78 is 0. The second kappa shape index (κ2) is 7.50. The second-order valence-corrected chi connectivity index (χ2v) is 5.43. The standard InChI is InChI=1S/C16H27N/c1-13(2)16-9-7-15(8-10-16)6-5-14(3)11-12-17-4/h7-10,13-14,17H,5-6,11-12H2,1-4H3. The van der Waals surface area contributed by atoms with E-state index in [2.05, 4.69) is 50.4 Å². The van der Waals surface area contributed by atoms with Gasteiger partial charge in [-0.05, 0) is 55.8 Å². The van der Waals surface area contributed by atoms with Gasteiger partial charge in [0.25, 0.3) is 0 Å². The van der Waals surface area contributed by atoms with E-state index in [1.165, 1.54) is 30.4 Å². The number of benzene rings is 1. The smallest absolute Gasteiger partial charge is 0.00494 e. The number of aryl methyl sites for hydroxylation is 1. The van der Waals surface area contributed by atoms with Crippen molar-refractivity contribution in [2.45, 2.75) is 46.0 Å². The zero-order chi connectivity index (χ0) is 12.7. The highest BCUT2D eigenvalue weighted by molar-refractivity contribution is 5.24. The Morgan fingerprint density at radius 2 is 1.65 bits per heavy atom. The molecule has 0 amide bonds. The first-order valence-corrected chi connectivity index (χ1v) is 6.87. The van der Waals surface area contributed by atoms with Gasteiger partial charge in [-0.25, -0.2) is 0 Å². The molecule has 1 N–H and O–H groups in total. The van der Waals surface area contributed by atoms with Crippen molar-refractivity contribution in [3.05, 3.63) is 35.4 Å². The Hall–Kier alpha value is -0.820. The van der Waals surface area contributed by atoms with Gasteiger partial charge in [0.05, 0.1) is 0 Å². The number of nitrogens with one attached hydrogen (secondary N) is 1. The summed E-state index contributed by atoms with van der Waals surface area (Å²) in [5.74, 6) is 1.45. The second-order valence-electron chi connectivity index (χ2n) is 5.43. The van der Waals surface area contributed by atoms with Crippen molar-refractivity contribution in [2.75, 3.05) is 13.6 Å². The minimum absolute atomic E-state index is 0.638. The van der Waals surface area contributed by atoms with Gasteiger partial charge in [0.1, 0.15) is 0 Å². The molecule has 0 spiro atoms. The van der Waals surface area contributed by atoms with Crippen molar-refractivity contribution in [1.29, 1.82) is 0 Å². The third-order valence-corrected chi connectivity index (χ3v) is 3.46. The molecule has 1 atom stereocenters. The highest BCUT2D eigenvalue weighted by Crippen LogP contribution is 2.17. The lowest BCUT2D eigenvalue weighted by molar-refractivity contribution is 0.482. The van der Waals surface area contributed by atoms with Gasteiger partial charge in [0, 0.05) is 0 Å². The summed E-state index contributed by atoms with van der Waals surface area (Å²) in [7, 11) is 2.03. The minimum atomic E-state index is 0.638. The van der Waals surface area contributed by atoms with Crippen molar-refractivity contribution < 1.29 is 0 Å². The topological polar surface area (TPSA) is 12.0 Å². The van der Waals surface area contributed by atoms with Gasteiger partial charge in [-0.3, -0.25) is 0 Å². The van der Waals surface area contributed by atoms with Crippen LogP contribution in [0.3, 0.4) is 0 Å². The van der Waals surface area contributed by atoms with Crippen LogP contribution in [0.25, 0.3) is 0 Å². The van der Waals surface area contributed by atoms with Crippen LogP contribution in [0.15, 0.2) is 24.3 Å². The molecule has 0 heterocycles. The molecule has 1 aromatic rings. The van der Waals surface area contributed by atoms with Crippen LogP contribution < -0.4 is 5.32 Å². The summed E-state index contributed by atoms with van der Waals surface area (Å²) in [6, 6.07) is 9.14. The van der Waals surface area contributed by atoms with Gasteiger partial charge in [-0.1, -0.05) is 45.0 Å². The third-order valence-electron chi connectivity index (χ3n) is 3.46. The lowest BCUT2D eigenvalue weighted by Crippen LogP contribution is -2.11. The molecule has 1 nitrogen and oxygen atoms in total. The average Bonchev–Trinajstić information content (AvgIpc) is 2.34. The molecule has 0 aliphatic rings. The summed E-state index contributed by atoms with van der Waals surface area (Å²) >= 11 is 0. The Kier molecular flexibility index (Phi) is 6.28. The first kappa shape index (κ1) is 14.2. The van der Waals surface area contributed by atoms with Crippen LogP contribution in [-0.2, 0) is 6.42 Å². The van der Waals surface area contributed by atoms with E-state index in [9.17, 15) is 0 Å². The van der Waals surface area contributed by atoms with Crippen LogP contribution >= 0.6 is 0 Å². The number of rotatable bonds is 7. The fourth-order valence-corrected chi connectivity index (χ4v) is 2.02. The summed E-state index contributed by atoms with van der Waals surface area (Å²) in [6.45, 7) is 7.97. The quantitative estimate of drug-likeness (QED) is 0.751. The van der Waals surface area contributed by atoms with Crippen LogP contribution in [0.4, 0.5) is 0 Å². The van der Waals surface area contributed by atoms with E-state index in [4.69, 9.17) is 0 Å². The Morgan fingerprint density at radius 1 is 1.00 bits per heavy atom. The van der Waals surface area contributed by atoms with Crippen LogP contribution in [0, 0.1) is 5.92 Å². The van der Waals surface area contributed by atoms with E-state index >= 15 is 0 Å². The number of hydrogen-bond donors (Lipinski definition) is 1. The third kappa shape index (κ3) is 5.36. The summed E-state index contributed by atoms with van der Waals surface area (Å²) in [5, 5.41) is 3.22. The molecule has 0 aliphatic heterocycles. The molecule has 0 saturated heterocycles. The SMILES string of the molecule is CNCCC(C)CCc1ccc(C(C)C)cc1. The molecule has 1 rings (SSSR count). The van der Waals surface area contributed by atoms with E-state index < -0.39 is 0 Å². The predicted octanol–water partition coefficient (Wildman–Crippen LogP) is 3.99. The fourth-order valence-electron chi connectivity index (χ4n) is 2.02. The predicted molar refractivity (Wildman–Crippen MR) is 76.6 cm³/mol. The monoisotopic (exact) mass is 233 g/mol. The Morgan fingerprint density at radius 3 is 2.18 bits per heavy atom. The van der Waals surface area contributed by atoms with Crippen LogP contribution in [0.2, 0.25) is 0 Å². The van der Waals surface area contributed by atoms with Crippen molar-refractivity contribution in [1.82, 2.24) is 5.32 Å². The van der Waals surface area contributed by atoms with Crippen molar-refractivity contribution >= 4 is 0 Å². The Balaban J connectivity index is 2.36. The van der Waals surface area contributed by atoms with Crippen molar-refractivity contribution in [2.24, 2.45) is 5.92 Å². The van der Waals surface area contributed by atoms with Gasteiger partial charge in [-0.15, -0.1) is 0 Å². The van der Waals surface area contributed by atoms with E-state index in [-0.39, 0.29) is 0 Å². The van der Waals surface area contributed by atoms with Crippen LogP contribution in [0.5, 0.6) is 0 Å². The molecule has 1 aromatic carbocycles. The summed E-state index contributed by atoms with van der Waals surface area (Å²) in [4.78, 5) is 0. The zero-order valence-corrected chi connectivity index (χ0v) is 11.8. The highest BCUT2D eigenvalue weighted by Gasteiger charge is 2.03. The maximum Gasteiger partial charge on any atom is -0.00494 e. The molecule has 1 heteroatoms. The molecule has 0 bridgehead atoms. The van der Waals surface area contributed by atoms with Gasteiger partial charge >= 0.3 is 0 Å². The Bertz CT molecular complexity index is 300. The number of hydrogen-bond acceptors (Lipinski definition) is 1. The summed E-state index contributed by atoms with van der Waals surface area (Å²) in [5.41, 5.74) is 2.92. The fraction of sp³-hybridized carbons (Fsp3) is 0.625. The minimum Gasteiger partial charge on any atom is -0.320 e. The lowest BCUT2D eigenvalue weighted by Gasteiger charge is -2.11. The molecule has 0 aromatic heterocycles. The molecular weight excluding hydrogens is 206 g/mol. The maximum absolute atomic E-state index is 3.22. The molecule has 0 saturated carbocycles. The van der Waals surface area contributed by atoms with E-state index in [0.29, 0.717) is 5.92 Å². The molecule has 96 valence electrons. The first-order valence-electron chi connectivity index (χ1n) is 6.87. The van der Waals surface area contributed by atoms with Gasteiger partial charge in [0.2, 0.25) is 0 Å². The van der Waals surface area contributed by atoms with Gasteiger partial charge < -0.3 is 5.32 Å². The lowest BCUT2D eigenvalue weighted by atomic mass is 9.96. The molecule has 0 aliphatic carbocycles. The van der Waals surface area contributed by atoms with Gasteiger partial charge in [0.15, 0.2) is 0 Å². The maximum atomic E-state index is 3.22. The normalized spacial score (nSPS) is 13.0. The molecule has 1 unspecified atom stereocenters. The van der Waals surface area contributed by atoms with E-state index in [1.54, 1.807) is 0 Å². The largest absolute Gasteiger partial charge is 0.320 e. The van der Waals surface area contributed by atoms with Crippen LogP contribution in [-0.4, -0.2) is 13.6 Å². The van der Waals surface area contributed by atoms with Gasteiger partial charge in [-0.2, -0.15) is 0 Å². The molecule has 0 radical (unpaired) electrons. The van der Waals surface area contributed by atoms with Crippen molar-refractivity contribution in [3.8, 4) is 0 Å². The highest BCUT2D eigenvalue weighted by atomic mass is 14.8. The average molecular weight is 233 g/mol. The summed E-state index contributed by atoms with van der Waals surface area (Å²) in [6.07, 6.45) is 3.78. The van der Waals surface area contributed by atoms with Crippen molar-refractivity contribution in [3.63, 3.8) is 0 Å². The van der Waals surface area contributed by atoms with E-state index in [0.717, 1.165) is 12.5 Å². The zero-order valence-electron chi connectivity index (χ0n) is 11.8. The Labute approximate surface area is 107 Å².